The van der Waals surface area contributed by atoms with E-state index in [1.165, 1.54) is 0 Å². The molecule has 137 heavy (non-hydrogen) atoms. The lowest BCUT2D eigenvalue weighted by Crippen LogP contribution is -2.62. The van der Waals surface area contributed by atoms with Crippen molar-refractivity contribution in [1.29, 1.82) is 0 Å². The standard InChI is InChI=1S/C68H102N24O45/c69-22(14-93)52(120)81-23(1-39(70)101)57(125)86-28(6-48(112)113)60(128)92-38(21-100)67(135)88-30(8-50(116)117)62(130)91-37(20-99)66(134)83-25(3-41(72)103)59(127)85-27(5-47(110)111)54(122)73-10-42(104)77-32(15-94)55(123)75-12-44(106)79-34(17-96)63(131)87-29(7-49(114)115)61(129)90-36(19-98)65(133)82-24(2-40(71)102)58(126)84-26(4-46(108)109)53(121)74-11-43(105)78-33(16-95)56(124)76-13-45(107)80-35(18-97)64(132)89-31(68(136)137)9-51(118)119/h22-38,93-100H,1-21,69H2,(H2,70,101)(H2,71,102)(H2,72,103)(H,73,122)(H,74,121)(H,75,123)(H,76,124)(H,77,104)(H,78,105)(H,79,106)(H,80,107)(H,81,120)(H,82,133)(H,83,134)(H,84,126)(H,85,127)(H,86,125)(H,87,131)(H,88,135)(H,89,132)(H,90,129)(H,91,130)(H,92,128)(H,108,109)(H,110,111)(H,112,113)(H,114,115)(H,116,117)(H,118,119)(H,136,137)/t22-,23-,24-,25-,26-,27-,28-,29-,30-,31-,32-,33-,34-,35-,36-,37-,38-/m0/s1. The number of hydrogen-bond acceptors (Lipinski definition) is 39. The highest BCUT2D eigenvalue weighted by Crippen LogP contribution is 2.08. The quantitative estimate of drug-likeness (QED) is 0.0269. The van der Waals surface area contributed by atoms with Gasteiger partial charge in [-0.3, -0.25) is 139 Å². The van der Waals surface area contributed by atoms with E-state index in [9.17, 15) is 205 Å². The van der Waals surface area contributed by atoms with Gasteiger partial charge in [-0.15, -0.1) is 0 Å². The fourth-order valence-corrected chi connectivity index (χ4v) is 10.4. The van der Waals surface area contributed by atoms with Gasteiger partial charge in [0.2, 0.25) is 136 Å². The summed E-state index contributed by atoms with van der Waals surface area (Å²) in [5, 5.41) is 181. The van der Waals surface area contributed by atoms with Crippen LogP contribution in [-0.2, 0) is 144 Å². The Morgan fingerprint density at radius 2 is 0.314 bits per heavy atom. The molecule has 0 aromatic rings. The fraction of sp³-hybridized carbons (Fsp3) is 0.559. The third kappa shape index (κ3) is 47.1. The maximum Gasteiger partial charge on any atom is 0.326 e. The van der Waals surface area contributed by atoms with Crippen molar-refractivity contribution in [2.75, 3.05) is 79.0 Å². The molecule has 69 heteroatoms. The van der Waals surface area contributed by atoms with Crippen molar-refractivity contribution in [3.05, 3.63) is 0 Å². The molecule has 0 saturated heterocycles. The largest absolute Gasteiger partial charge is 0.481 e. The second-order valence-electron chi connectivity index (χ2n) is 28.1. The predicted octanol–water partition coefficient (Wildman–Crippen LogP) is -27.0. The number of carbonyl (C=O) groups is 30. The van der Waals surface area contributed by atoms with E-state index in [0.717, 1.165) is 0 Å². The van der Waals surface area contributed by atoms with E-state index in [1.807, 2.05) is 69.1 Å². The van der Waals surface area contributed by atoms with Crippen molar-refractivity contribution in [2.45, 2.75) is 160 Å². The second kappa shape index (κ2) is 61.5. The summed E-state index contributed by atoms with van der Waals surface area (Å²) in [5.41, 5.74) is 20.9. The zero-order valence-corrected chi connectivity index (χ0v) is 70.9. The van der Waals surface area contributed by atoms with Gasteiger partial charge in [-0.25, -0.2) is 4.79 Å². The number of nitrogens with two attached hydrogens (primary N) is 4. The average molecular weight is 1980 g/mol. The molecule has 23 amide bonds. The predicted molar refractivity (Wildman–Crippen MR) is 430 cm³/mol. The lowest BCUT2D eigenvalue weighted by molar-refractivity contribution is -0.147. The molecule has 0 bridgehead atoms. The van der Waals surface area contributed by atoms with Crippen LogP contribution >= 0.6 is 0 Å². The van der Waals surface area contributed by atoms with Crippen molar-refractivity contribution >= 4 is 178 Å². The van der Waals surface area contributed by atoms with Crippen LogP contribution in [0, 0.1) is 0 Å². The van der Waals surface area contributed by atoms with Gasteiger partial charge in [-0.05, 0) is 0 Å². The first-order chi connectivity index (χ1) is 63.9. The first kappa shape index (κ1) is 121. The van der Waals surface area contributed by atoms with E-state index in [1.54, 1.807) is 37.2 Å². The second-order valence-corrected chi connectivity index (χ2v) is 28.1. The highest BCUT2D eigenvalue weighted by molar-refractivity contribution is 6.04. The number of primary amides is 3. The molecule has 0 radical (unpaired) electrons. The summed E-state index contributed by atoms with van der Waals surface area (Å²) in [6, 6.07) is -37.0. The number of hydrogen-bond donors (Lipinski definition) is 39. The molecule has 0 aromatic carbocycles. The summed E-state index contributed by atoms with van der Waals surface area (Å²) in [6.07, 6.45) is -11.6. The SMILES string of the molecule is NC(=O)C[C@H](NC(=O)[C@H](CO)NC(=O)[C@H](CC(=O)O)NC(=O)[C@H](CO)NC(=O)CNC(=O)[C@H](CO)NC(=O)CNC(=O)[C@H](CC(=O)O)NC(=O)[C@H](CC(N)=O)NC(=O)[C@H](CO)NC(=O)[C@H](CC(=O)O)NC(=O)[C@H](CO)NC(=O)[C@H](CC(=O)O)NC(=O)[C@H](CC(N)=O)NC(=O)[C@@H](N)CO)C(=O)N[C@@H](CC(=O)O)C(=O)NCC(=O)N[C@@H](CO)C(=O)NCC(=O)N[C@@H](CO)C(=O)N[C@@H](CC(=O)O)C(=O)O. The summed E-state index contributed by atoms with van der Waals surface area (Å²) in [4.78, 5) is 380. The van der Waals surface area contributed by atoms with Crippen molar-refractivity contribution in [2.24, 2.45) is 22.9 Å². The van der Waals surface area contributed by atoms with Crippen LogP contribution in [0.25, 0.3) is 0 Å². The van der Waals surface area contributed by atoms with Gasteiger partial charge in [-0.1, -0.05) is 0 Å². The molecule has 764 valence electrons. The highest BCUT2D eigenvalue weighted by atomic mass is 16.4. The van der Waals surface area contributed by atoms with Crippen LogP contribution in [0.2, 0.25) is 0 Å². The Balaban J connectivity index is 6.19. The zero-order chi connectivity index (χ0) is 105. The molecule has 0 aliphatic carbocycles. The Morgan fingerprint density at radius 1 is 0.175 bits per heavy atom. The Labute approximate surface area is 764 Å². The number of aliphatic hydroxyl groups is 8. The van der Waals surface area contributed by atoms with E-state index in [4.69, 9.17) is 38.3 Å². The van der Waals surface area contributed by atoms with Crippen LogP contribution < -0.4 is 129 Å². The van der Waals surface area contributed by atoms with Crippen LogP contribution in [-0.4, -0.2) is 436 Å². The van der Waals surface area contributed by atoms with Gasteiger partial charge in [-0.2, -0.15) is 0 Å². The number of aliphatic carboxylic acids is 7. The van der Waals surface area contributed by atoms with Gasteiger partial charge < -0.3 is 206 Å². The summed E-state index contributed by atoms with van der Waals surface area (Å²) < 4.78 is 0. The molecular formula is C68H102N24O45. The zero-order valence-electron chi connectivity index (χ0n) is 70.9. The van der Waals surface area contributed by atoms with Crippen molar-refractivity contribution in [1.82, 2.24) is 106 Å². The maximum absolute atomic E-state index is 13.6. The summed E-state index contributed by atoms with van der Waals surface area (Å²) >= 11 is 0. The van der Waals surface area contributed by atoms with Crippen molar-refractivity contribution < 1.29 is 220 Å². The highest BCUT2D eigenvalue weighted by Gasteiger charge is 2.41. The molecule has 0 saturated carbocycles. The maximum atomic E-state index is 13.6. The number of carboxylic acids is 7. The number of nitrogens with one attached hydrogen (secondary N) is 20. The molecule has 0 fully saturated rings. The minimum Gasteiger partial charge on any atom is -0.481 e. The molecule has 43 N–H and O–H groups in total. The van der Waals surface area contributed by atoms with Gasteiger partial charge in [0.15, 0.2) is 0 Å². The first-order valence-corrected chi connectivity index (χ1v) is 38.9. The van der Waals surface area contributed by atoms with Gasteiger partial charge in [0, 0.05) is 0 Å². The minimum atomic E-state index is -2.38. The molecule has 0 rings (SSSR count). The molecule has 0 heterocycles. The topological polar surface area (TPSA) is 1160 Å². The summed E-state index contributed by atoms with van der Waals surface area (Å²) in [5.74, 6) is -47.4. The van der Waals surface area contributed by atoms with Crippen LogP contribution in [0.3, 0.4) is 0 Å². The van der Waals surface area contributed by atoms with Crippen LogP contribution in [0.15, 0.2) is 0 Å². The van der Waals surface area contributed by atoms with E-state index in [-0.39, 0.29) is 0 Å². The number of amides is 23. The molecule has 17 atom stereocenters. The summed E-state index contributed by atoms with van der Waals surface area (Å²) in [7, 11) is 0. The first-order valence-electron chi connectivity index (χ1n) is 38.9. The Hall–Kier alpha value is -16.3. The molecule has 0 aromatic heterocycles. The molecule has 0 aliphatic rings. The van der Waals surface area contributed by atoms with Crippen LogP contribution in [0.1, 0.15) is 57.8 Å². The van der Waals surface area contributed by atoms with E-state index >= 15 is 0 Å². The smallest absolute Gasteiger partial charge is 0.326 e. The van der Waals surface area contributed by atoms with Gasteiger partial charge in [0.25, 0.3) is 0 Å². The third-order valence-electron chi connectivity index (χ3n) is 17.2. The number of aliphatic hydroxyl groups excluding tert-OH is 8. The molecule has 0 unspecified atom stereocenters. The Bertz CT molecular complexity index is 4480. The normalized spacial score (nSPS) is 14.4. The van der Waals surface area contributed by atoms with E-state index in [2.05, 4.69) is 0 Å². The molecular weight excluding hydrogens is 1870 g/mol. The van der Waals surface area contributed by atoms with Crippen LogP contribution in [0.4, 0.5) is 0 Å². The number of carboxylic acid groups (broad SMARTS) is 7. The Morgan fingerprint density at radius 3 is 0.489 bits per heavy atom. The van der Waals surface area contributed by atoms with Crippen molar-refractivity contribution in [3.63, 3.8) is 0 Å². The summed E-state index contributed by atoms with van der Waals surface area (Å²) in [6.45, 7) is -15.5. The van der Waals surface area contributed by atoms with E-state index < -0.39 is 417 Å². The van der Waals surface area contributed by atoms with Crippen molar-refractivity contribution in [3.8, 4) is 0 Å². The van der Waals surface area contributed by atoms with Gasteiger partial charge in [0.1, 0.15) is 103 Å². The van der Waals surface area contributed by atoms with Crippen LogP contribution in [0.5, 0.6) is 0 Å². The van der Waals surface area contributed by atoms with Gasteiger partial charge >= 0.3 is 41.8 Å². The average Bonchev–Trinajstić information content (AvgIpc) is 0.861. The third-order valence-corrected chi connectivity index (χ3v) is 17.2. The number of carbonyl (C=O) groups excluding carboxylic acids is 23. The van der Waals surface area contributed by atoms with Gasteiger partial charge in [0.05, 0.1) is 137 Å². The number of rotatable bonds is 67. The molecule has 0 spiro atoms. The minimum absolute atomic E-state index is 0.983. The molecule has 0 aliphatic heterocycles. The molecule has 69 nitrogen and oxygen atoms in total. The lowest BCUT2D eigenvalue weighted by Gasteiger charge is -2.26. The van der Waals surface area contributed by atoms with E-state index in [0.29, 0.717) is 0 Å². The lowest BCUT2D eigenvalue weighted by atomic mass is 10.1. The Kier molecular flexibility index (Phi) is 54.2. The monoisotopic (exact) mass is 1970 g/mol. The fourth-order valence-electron chi connectivity index (χ4n) is 10.4.